The molecule has 2 amide bonds. The minimum atomic E-state index is -3.85. The van der Waals surface area contributed by atoms with Crippen LogP contribution in [-0.2, 0) is 14.8 Å². The van der Waals surface area contributed by atoms with Gasteiger partial charge in [-0.3, -0.25) is 9.59 Å². The third-order valence-electron chi connectivity index (χ3n) is 5.19. The number of carbonyl (C=O) groups excluding carboxylic acids is 2. The second-order valence-electron chi connectivity index (χ2n) is 7.03. The number of rotatable bonds is 5. The number of fused-ring (bicyclic) bond motifs is 1. The van der Waals surface area contributed by atoms with Gasteiger partial charge in [-0.1, -0.05) is 0 Å². The van der Waals surface area contributed by atoms with Crippen LogP contribution in [0.2, 0.25) is 0 Å². The van der Waals surface area contributed by atoms with E-state index >= 15 is 0 Å². The van der Waals surface area contributed by atoms with Crippen molar-refractivity contribution >= 4 is 21.8 Å². The van der Waals surface area contributed by atoms with Crippen LogP contribution in [0.1, 0.15) is 53.3 Å². The van der Waals surface area contributed by atoms with E-state index in [0.717, 1.165) is 17.1 Å². The summed E-state index contributed by atoms with van der Waals surface area (Å²) in [6.07, 6.45) is 3.36. The summed E-state index contributed by atoms with van der Waals surface area (Å²) >= 11 is 0. The molecule has 2 fully saturated rings. The summed E-state index contributed by atoms with van der Waals surface area (Å²) in [5, 5.41) is 0. The Bertz CT molecular complexity index is 856. The highest BCUT2D eigenvalue weighted by Gasteiger charge is 2.48. The molecule has 1 saturated heterocycles. The molecule has 1 aromatic rings. The number of sulfonamides is 1. The summed E-state index contributed by atoms with van der Waals surface area (Å²) < 4.78 is 32.0. The summed E-state index contributed by atoms with van der Waals surface area (Å²) in [4.78, 5) is 26.9. The van der Waals surface area contributed by atoms with Gasteiger partial charge in [0, 0.05) is 31.3 Å². The standard InChI is InChI=1S/C18H22N2O5S/c1-2-19(11-14-4-3-9-25-14)17(21)12-5-8-15-16(10-12)26(23,24)20(18(15)22)13-6-7-13/h5,8,10,13-14H,2-4,6-7,9,11H2,1H3. The van der Waals surface area contributed by atoms with Crippen molar-refractivity contribution in [3.8, 4) is 0 Å². The van der Waals surface area contributed by atoms with Gasteiger partial charge in [0.25, 0.3) is 21.8 Å². The van der Waals surface area contributed by atoms with Gasteiger partial charge in [-0.15, -0.1) is 0 Å². The molecule has 3 aliphatic rings. The van der Waals surface area contributed by atoms with Crippen molar-refractivity contribution in [3.05, 3.63) is 29.3 Å². The monoisotopic (exact) mass is 378 g/mol. The van der Waals surface area contributed by atoms with E-state index in [0.29, 0.717) is 32.5 Å². The van der Waals surface area contributed by atoms with E-state index in [9.17, 15) is 18.0 Å². The summed E-state index contributed by atoms with van der Waals surface area (Å²) in [6.45, 7) is 3.60. The smallest absolute Gasteiger partial charge is 0.269 e. The fourth-order valence-electron chi connectivity index (χ4n) is 3.62. The predicted octanol–water partition coefficient (Wildman–Crippen LogP) is 1.63. The number of amides is 2. The molecule has 0 radical (unpaired) electrons. The SMILES string of the molecule is CCN(CC1CCCO1)C(=O)c1ccc2c(c1)S(=O)(=O)N(C1CC1)C2=O. The van der Waals surface area contributed by atoms with Crippen LogP contribution in [0.25, 0.3) is 0 Å². The Labute approximate surface area is 153 Å². The number of benzene rings is 1. The Kier molecular flexibility index (Phi) is 4.27. The highest BCUT2D eigenvalue weighted by atomic mass is 32.2. The first-order valence-corrected chi connectivity index (χ1v) is 10.5. The van der Waals surface area contributed by atoms with Gasteiger partial charge in [0.05, 0.1) is 11.7 Å². The average molecular weight is 378 g/mol. The highest BCUT2D eigenvalue weighted by molar-refractivity contribution is 7.90. The number of ether oxygens (including phenoxy) is 1. The van der Waals surface area contributed by atoms with Crippen LogP contribution in [0.4, 0.5) is 0 Å². The van der Waals surface area contributed by atoms with E-state index in [4.69, 9.17) is 4.74 Å². The summed E-state index contributed by atoms with van der Waals surface area (Å²) in [7, 11) is -3.85. The van der Waals surface area contributed by atoms with Gasteiger partial charge in [0.1, 0.15) is 4.90 Å². The number of hydrogen-bond acceptors (Lipinski definition) is 5. The van der Waals surface area contributed by atoms with Gasteiger partial charge in [0.2, 0.25) is 0 Å². The van der Waals surface area contributed by atoms with Crippen molar-refractivity contribution in [1.29, 1.82) is 0 Å². The van der Waals surface area contributed by atoms with E-state index in [1.807, 2.05) is 6.92 Å². The zero-order valence-electron chi connectivity index (χ0n) is 14.7. The Morgan fingerprint density at radius 3 is 2.69 bits per heavy atom. The Morgan fingerprint density at radius 2 is 2.08 bits per heavy atom. The number of hydrogen-bond donors (Lipinski definition) is 0. The second-order valence-corrected chi connectivity index (χ2v) is 8.81. The van der Waals surface area contributed by atoms with Crippen LogP contribution < -0.4 is 0 Å². The molecule has 7 nitrogen and oxygen atoms in total. The predicted molar refractivity (Wildman–Crippen MR) is 93.4 cm³/mol. The van der Waals surface area contributed by atoms with E-state index < -0.39 is 15.9 Å². The molecule has 140 valence electrons. The first-order valence-electron chi connectivity index (χ1n) is 9.07. The molecule has 0 N–H and O–H groups in total. The first kappa shape index (κ1) is 17.5. The zero-order valence-corrected chi connectivity index (χ0v) is 15.5. The summed E-state index contributed by atoms with van der Waals surface area (Å²) in [6, 6.07) is 4.13. The van der Waals surface area contributed by atoms with Crippen LogP contribution in [-0.4, -0.2) is 61.3 Å². The van der Waals surface area contributed by atoms with Crippen LogP contribution in [0, 0.1) is 0 Å². The summed E-state index contributed by atoms with van der Waals surface area (Å²) in [5.74, 6) is -0.716. The lowest BCUT2D eigenvalue weighted by atomic mass is 10.1. The molecule has 1 aliphatic carbocycles. The minimum absolute atomic E-state index is 0.0315. The van der Waals surface area contributed by atoms with Crippen molar-refractivity contribution < 1.29 is 22.7 Å². The molecular weight excluding hydrogens is 356 g/mol. The van der Waals surface area contributed by atoms with Crippen LogP contribution in [0.15, 0.2) is 23.1 Å². The zero-order chi connectivity index (χ0) is 18.5. The minimum Gasteiger partial charge on any atom is -0.376 e. The molecule has 26 heavy (non-hydrogen) atoms. The van der Waals surface area contributed by atoms with E-state index in [1.54, 1.807) is 11.0 Å². The topological polar surface area (TPSA) is 84.0 Å². The molecule has 0 spiro atoms. The van der Waals surface area contributed by atoms with Gasteiger partial charge >= 0.3 is 0 Å². The molecular formula is C18H22N2O5S. The highest BCUT2D eigenvalue weighted by Crippen LogP contribution is 2.39. The average Bonchev–Trinajstić information content (AvgIpc) is 3.26. The van der Waals surface area contributed by atoms with E-state index in [2.05, 4.69) is 0 Å². The molecule has 1 unspecified atom stereocenters. The van der Waals surface area contributed by atoms with Crippen molar-refractivity contribution in [2.45, 2.75) is 49.6 Å². The normalized spacial score (nSPS) is 24.0. The molecule has 0 aromatic heterocycles. The quantitative estimate of drug-likeness (QED) is 0.778. The van der Waals surface area contributed by atoms with Gasteiger partial charge in [-0.25, -0.2) is 12.7 Å². The van der Waals surface area contributed by atoms with Gasteiger partial charge in [0.15, 0.2) is 0 Å². The van der Waals surface area contributed by atoms with Crippen molar-refractivity contribution in [3.63, 3.8) is 0 Å². The molecule has 2 aliphatic heterocycles. The van der Waals surface area contributed by atoms with Gasteiger partial charge in [-0.2, -0.15) is 0 Å². The van der Waals surface area contributed by atoms with Crippen LogP contribution in [0.5, 0.6) is 0 Å². The lowest BCUT2D eigenvalue weighted by molar-refractivity contribution is 0.0539. The third-order valence-corrected chi connectivity index (χ3v) is 7.07. The molecule has 4 rings (SSSR count). The van der Waals surface area contributed by atoms with Crippen molar-refractivity contribution in [2.75, 3.05) is 19.7 Å². The molecule has 8 heteroatoms. The maximum atomic E-state index is 12.9. The first-order chi connectivity index (χ1) is 12.4. The fraction of sp³-hybridized carbons (Fsp3) is 0.556. The Balaban J connectivity index is 1.62. The Hall–Kier alpha value is -1.93. The second kappa shape index (κ2) is 6.35. The number of carbonyl (C=O) groups is 2. The van der Waals surface area contributed by atoms with Crippen LogP contribution in [0.3, 0.4) is 0 Å². The lowest BCUT2D eigenvalue weighted by Gasteiger charge is -2.24. The van der Waals surface area contributed by atoms with E-state index in [1.165, 1.54) is 12.1 Å². The fourth-order valence-corrected chi connectivity index (χ4v) is 5.46. The maximum absolute atomic E-state index is 12.9. The van der Waals surface area contributed by atoms with Crippen molar-refractivity contribution in [1.82, 2.24) is 9.21 Å². The third kappa shape index (κ3) is 2.81. The largest absolute Gasteiger partial charge is 0.376 e. The van der Waals surface area contributed by atoms with Gasteiger partial charge in [-0.05, 0) is 50.8 Å². The molecule has 0 bridgehead atoms. The maximum Gasteiger partial charge on any atom is 0.269 e. The Morgan fingerprint density at radius 1 is 1.31 bits per heavy atom. The van der Waals surface area contributed by atoms with Crippen LogP contribution >= 0.6 is 0 Å². The molecule has 2 heterocycles. The van der Waals surface area contributed by atoms with Gasteiger partial charge < -0.3 is 9.64 Å². The number of likely N-dealkylation sites (N-methyl/N-ethyl adjacent to an activating group) is 1. The lowest BCUT2D eigenvalue weighted by Crippen LogP contribution is -2.37. The number of nitrogens with zero attached hydrogens (tertiary/aromatic N) is 2. The van der Waals surface area contributed by atoms with E-state index in [-0.39, 0.29) is 34.1 Å². The molecule has 1 atom stereocenters. The van der Waals surface area contributed by atoms with Crippen molar-refractivity contribution in [2.24, 2.45) is 0 Å². The molecule has 1 aromatic carbocycles. The summed E-state index contributed by atoms with van der Waals surface area (Å²) in [5.41, 5.74) is 0.452. The molecule has 1 saturated carbocycles.